The third-order valence-corrected chi connectivity index (χ3v) is 6.01. The maximum absolute atomic E-state index is 12.1. The number of fused-ring (bicyclic) bond motifs is 1. The lowest BCUT2D eigenvalue weighted by molar-refractivity contribution is -0.130. The molecule has 3 fully saturated rings. The molecule has 27 heavy (non-hydrogen) atoms. The minimum atomic E-state index is -0.388. The number of nitrogens with one attached hydrogen (secondary N) is 1. The standard InChI is InChI=1S/C20H25N3O4/c1-3-18(25)22-10-15-8-20(15,12-22)14-4-6-16(7-5-14)23-11-17(27-19(23)26)9-21-13(2)24/h4-7,15,17H,3,8-12H2,1-2H3,(H,21,24). The number of benzene rings is 1. The first-order valence-electron chi connectivity index (χ1n) is 9.54. The Labute approximate surface area is 158 Å². The maximum atomic E-state index is 12.1. The summed E-state index contributed by atoms with van der Waals surface area (Å²) in [4.78, 5) is 38.7. The van der Waals surface area contributed by atoms with Crippen molar-refractivity contribution in [2.24, 2.45) is 5.92 Å². The van der Waals surface area contributed by atoms with Crippen molar-refractivity contribution < 1.29 is 19.1 Å². The first-order chi connectivity index (χ1) is 12.9. The summed E-state index contributed by atoms with van der Waals surface area (Å²) in [6.07, 6.45) is 0.958. The van der Waals surface area contributed by atoms with Crippen molar-refractivity contribution in [3.05, 3.63) is 29.8 Å². The minimum Gasteiger partial charge on any atom is -0.442 e. The van der Waals surface area contributed by atoms with Gasteiger partial charge in [-0.05, 0) is 30.0 Å². The molecule has 0 bridgehead atoms. The number of nitrogens with zero attached hydrogens (tertiary/aromatic N) is 2. The van der Waals surface area contributed by atoms with Gasteiger partial charge in [0.05, 0.1) is 13.1 Å². The molecule has 2 heterocycles. The van der Waals surface area contributed by atoms with E-state index in [2.05, 4.69) is 17.4 Å². The Hall–Kier alpha value is -2.57. The summed E-state index contributed by atoms with van der Waals surface area (Å²) in [5, 5.41) is 2.68. The second kappa shape index (κ2) is 6.55. The van der Waals surface area contributed by atoms with E-state index in [9.17, 15) is 14.4 Å². The van der Waals surface area contributed by atoms with Gasteiger partial charge in [0.25, 0.3) is 0 Å². The molecule has 7 nitrogen and oxygen atoms in total. The summed E-state index contributed by atoms with van der Waals surface area (Å²) in [7, 11) is 0. The molecule has 0 aromatic heterocycles. The third kappa shape index (κ3) is 3.15. The van der Waals surface area contributed by atoms with Crippen LogP contribution in [0.1, 0.15) is 32.3 Å². The Bertz CT molecular complexity index is 778. The fourth-order valence-electron chi connectivity index (χ4n) is 4.41. The number of likely N-dealkylation sites (tertiary alicyclic amines) is 1. The predicted molar refractivity (Wildman–Crippen MR) is 99.4 cm³/mol. The first kappa shape index (κ1) is 17.8. The zero-order valence-electron chi connectivity index (χ0n) is 15.7. The lowest BCUT2D eigenvalue weighted by atomic mass is 9.94. The van der Waals surface area contributed by atoms with Crippen molar-refractivity contribution >= 4 is 23.6 Å². The molecule has 3 atom stereocenters. The maximum Gasteiger partial charge on any atom is 0.414 e. The largest absolute Gasteiger partial charge is 0.442 e. The molecule has 1 aromatic rings. The molecule has 4 rings (SSSR count). The number of carbonyl (C=O) groups is 3. The van der Waals surface area contributed by atoms with E-state index in [0.717, 1.165) is 25.2 Å². The molecule has 3 amide bonds. The van der Waals surface area contributed by atoms with Crippen molar-refractivity contribution in [1.82, 2.24) is 10.2 Å². The summed E-state index contributed by atoms with van der Waals surface area (Å²) in [5.74, 6) is 0.639. The summed E-state index contributed by atoms with van der Waals surface area (Å²) in [5.41, 5.74) is 2.13. The van der Waals surface area contributed by atoms with Crippen LogP contribution >= 0.6 is 0 Å². The molecular weight excluding hydrogens is 346 g/mol. The van der Waals surface area contributed by atoms with Crippen LogP contribution in [0.25, 0.3) is 0 Å². The van der Waals surface area contributed by atoms with Crippen LogP contribution in [0.2, 0.25) is 0 Å². The van der Waals surface area contributed by atoms with Crippen LogP contribution in [0, 0.1) is 5.92 Å². The fourth-order valence-corrected chi connectivity index (χ4v) is 4.41. The minimum absolute atomic E-state index is 0.100. The van der Waals surface area contributed by atoms with Crippen LogP contribution in [0.3, 0.4) is 0 Å². The second-order valence-corrected chi connectivity index (χ2v) is 7.79. The average molecular weight is 371 g/mol. The molecule has 0 spiro atoms. The van der Waals surface area contributed by atoms with Crippen LogP contribution < -0.4 is 10.2 Å². The van der Waals surface area contributed by atoms with E-state index in [0.29, 0.717) is 25.4 Å². The monoisotopic (exact) mass is 371 g/mol. The summed E-state index contributed by atoms with van der Waals surface area (Å²) < 4.78 is 5.32. The van der Waals surface area contributed by atoms with E-state index in [-0.39, 0.29) is 29.4 Å². The van der Waals surface area contributed by atoms with Gasteiger partial charge in [-0.25, -0.2) is 4.79 Å². The molecule has 3 unspecified atom stereocenters. The Morgan fingerprint density at radius 1 is 1.26 bits per heavy atom. The third-order valence-electron chi connectivity index (χ3n) is 6.01. The van der Waals surface area contributed by atoms with E-state index in [4.69, 9.17) is 4.74 Å². The van der Waals surface area contributed by atoms with Crippen LogP contribution in [-0.4, -0.2) is 55.1 Å². The number of carbonyl (C=O) groups excluding carboxylic acids is 3. The Kier molecular flexibility index (Phi) is 4.32. The van der Waals surface area contributed by atoms with Crippen molar-refractivity contribution in [3.8, 4) is 0 Å². The van der Waals surface area contributed by atoms with E-state index in [1.165, 1.54) is 12.5 Å². The molecular formula is C20H25N3O4. The molecule has 1 aromatic carbocycles. The topological polar surface area (TPSA) is 79.0 Å². The molecule has 0 radical (unpaired) electrons. The quantitative estimate of drug-likeness (QED) is 0.854. The van der Waals surface area contributed by atoms with Gasteiger partial charge in [-0.3, -0.25) is 14.5 Å². The average Bonchev–Trinajstić information content (AvgIpc) is 3.03. The molecule has 1 saturated carbocycles. The number of hydrogen-bond acceptors (Lipinski definition) is 4. The van der Waals surface area contributed by atoms with Crippen LogP contribution in [0.15, 0.2) is 24.3 Å². The molecule has 1 N–H and O–H groups in total. The van der Waals surface area contributed by atoms with E-state index in [1.54, 1.807) is 4.90 Å². The second-order valence-electron chi connectivity index (χ2n) is 7.79. The molecule has 144 valence electrons. The van der Waals surface area contributed by atoms with E-state index in [1.807, 2.05) is 24.0 Å². The van der Waals surface area contributed by atoms with Crippen LogP contribution in [0.5, 0.6) is 0 Å². The molecule has 1 aliphatic carbocycles. The summed E-state index contributed by atoms with van der Waals surface area (Å²) >= 11 is 0. The highest BCUT2D eigenvalue weighted by Gasteiger charge is 2.61. The number of piperidine rings is 1. The highest BCUT2D eigenvalue weighted by Crippen LogP contribution is 2.59. The fraction of sp³-hybridized carbons (Fsp3) is 0.550. The van der Waals surface area contributed by atoms with Gasteiger partial charge >= 0.3 is 6.09 Å². The first-order valence-corrected chi connectivity index (χ1v) is 9.54. The Morgan fingerprint density at radius 3 is 2.67 bits per heavy atom. The smallest absolute Gasteiger partial charge is 0.414 e. The van der Waals surface area contributed by atoms with Gasteiger partial charge in [-0.15, -0.1) is 0 Å². The zero-order valence-corrected chi connectivity index (χ0v) is 15.7. The van der Waals surface area contributed by atoms with Crippen molar-refractivity contribution in [2.75, 3.05) is 31.1 Å². The molecule has 2 saturated heterocycles. The lowest BCUT2D eigenvalue weighted by Crippen LogP contribution is -2.33. The molecule has 7 heteroatoms. The van der Waals surface area contributed by atoms with Crippen LogP contribution in [-0.2, 0) is 19.7 Å². The van der Waals surface area contributed by atoms with E-state index >= 15 is 0 Å². The van der Waals surface area contributed by atoms with Gasteiger partial charge in [0, 0.05) is 37.5 Å². The molecule has 2 aliphatic heterocycles. The number of anilines is 1. The van der Waals surface area contributed by atoms with Crippen molar-refractivity contribution in [3.63, 3.8) is 0 Å². The normalized spacial score (nSPS) is 28.7. The summed E-state index contributed by atoms with van der Waals surface area (Å²) in [6.45, 7) is 5.75. The highest BCUT2D eigenvalue weighted by atomic mass is 16.6. The SMILES string of the molecule is CCC(=O)N1CC2CC2(c2ccc(N3CC(CNC(C)=O)OC3=O)cc2)C1. The number of rotatable bonds is 5. The number of hydrogen-bond donors (Lipinski definition) is 1. The van der Waals surface area contributed by atoms with Gasteiger partial charge in [-0.1, -0.05) is 19.1 Å². The van der Waals surface area contributed by atoms with E-state index < -0.39 is 0 Å². The van der Waals surface area contributed by atoms with Gasteiger partial charge in [0.2, 0.25) is 11.8 Å². The molecule has 3 aliphatic rings. The van der Waals surface area contributed by atoms with Crippen molar-refractivity contribution in [1.29, 1.82) is 0 Å². The van der Waals surface area contributed by atoms with Gasteiger partial charge in [-0.2, -0.15) is 0 Å². The van der Waals surface area contributed by atoms with Gasteiger partial charge in [0.15, 0.2) is 0 Å². The lowest BCUT2D eigenvalue weighted by Gasteiger charge is -2.21. The Balaban J connectivity index is 1.42. The number of cyclic esters (lactones) is 1. The summed E-state index contributed by atoms with van der Waals surface area (Å²) in [6, 6.07) is 8.05. The number of ether oxygens (including phenoxy) is 1. The predicted octanol–water partition coefficient (Wildman–Crippen LogP) is 1.66. The Morgan fingerprint density at radius 2 is 2.00 bits per heavy atom. The zero-order chi connectivity index (χ0) is 19.2. The van der Waals surface area contributed by atoms with Crippen LogP contribution in [0.4, 0.5) is 10.5 Å². The van der Waals surface area contributed by atoms with Gasteiger partial charge in [0.1, 0.15) is 6.10 Å². The van der Waals surface area contributed by atoms with Gasteiger partial charge < -0.3 is 15.0 Å². The number of amides is 3. The van der Waals surface area contributed by atoms with Crippen molar-refractivity contribution in [2.45, 2.75) is 38.2 Å². The highest BCUT2D eigenvalue weighted by molar-refractivity contribution is 5.89.